The highest BCUT2D eigenvalue weighted by Crippen LogP contribution is 2.28. The molecule has 1 aromatic carbocycles. The molecule has 2 heterocycles. The molecule has 1 unspecified atom stereocenters. The van der Waals surface area contributed by atoms with E-state index in [9.17, 15) is 4.79 Å². The molecule has 0 aliphatic carbocycles. The molecule has 0 saturated carbocycles. The van der Waals surface area contributed by atoms with Crippen LogP contribution in [0.25, 0.3) is 0 Å². The second-order valence-electron chi connectivity index (χ2n) is 5.93. The summed E-state index contributed by atoms with van der Waals surface area (Å²) in [4.78, 5) is 14.5. The van der Waals surface area contributed by atoms with E-state index in [4.69, 9.17) is 0 Å². The second kappa shape index (κ2) is 7.64. The first-order valence-electron chi connectivity index (χ1n) is 8.03. The van der Waals surface area contributed by atoms with E-state index in [0.717, 1.165) is 37.5 Å². The number of hydrogen-bond acceptors (Lipinski definition) is 4. The molecule has 1 aliphatic rings. The average molecular weight is 330 g/mol. The predicted octanol–water partition coefficient (Wildman–Crippen LogP) is 2.70. The van der Waals surface area contributed by atoms with Crippen LogP contribution in [0.3, 0.4) is 0 Å². The summed E-state index contributed by atoms with van der Waals surface area (Å²) < 4.78 is 1.84. The topological polar surface area (TPSA) is 51.0 Å². The Balaban J connectivity index is 1.53. The first kappa shape index (κ1) is 16.1. The number of rotatable bonds is 4. The molecule has 5 nitrogen and oxygen atoms in total. The molecule has 0 radical (unpaired) electrons. The van der Waals surface area contributed by atoms with Gasteiger partial charge in [0.25, 0.3) is 0 Å². The summed E-state index contributed by atoms with van der Waals surface area (Å²) in [5.74, 6) is 1.20. The van der Waals surface area contributed by atoms with Crippen LogP contribution in [0.15, 0.2) is 41.8 Å². The van der Waals surface area contributed by atoms with Crippen LogP contribution in [0, 0.1) is 0 Å². The summed E-state index contributed by atoms with van der Waals surface area (Å²) in [6.45, 7) is 1.71. The largest absolute Gasteiger partial charge is 0.342 e. The molecule has 1 aromatic heterocycles. The maximum atomic E-state index is 12.4. The molecule has 0 N–H and O–H groups in total. The normalized spacial score (nSPS) is 18.7. The summed E-state index contributed by atoms with van der Waals surface area (Å²) >= 11 is 1.46. The van der Waals surface area contributed by atoms with Gasteiger partial charge in [-0.2, -0.15) is 0 Å². The Kier molecular flexibility index (Phi) is 5.33. The Morgan fingerprint density at radius 1 is 1.26 bits per heavy atom. The van der Waals surface area contributed by atoms with Gasteiger partial charge in [0.05, 0.1) is 5.75 Å². The maximum absolute atomic E-state index is 12.4. The zero-order valence-electron chi connectivity index (χ0n) is 13.4. The third-order valence-electron chi connectivity index (χ3n) is 4.35. The molecule has 2 aromatic rings. The SMILES string of the molecule is Cn1cnnc1SCC(=O)N1CCCC(c2ccccc2)CC1. The van der Waals surface area contributed by atoms with Crippen molar-refractivity contribution in [3.8, 4) is 0 Å². The van der Waals surface area contributed by atoms with Crippen molar-refractivity contribution in [3.63, 3.8) is 0 Å². The van der Waals surface area contributed by atoms with Gasteiger partial charge < -0.3 is 9.47 Å². The van der Waals surface area contributed by atoms with E-state index in [1.54, 1.807) is 6.33 Å². The smallest absolute Gasteiger partial charge is 0.233 e. The van der Waals surface area contributed by atoms with Crippen molar-refractivity contribution in [2.24, 2.45) is 7.05 Å². The van der Waals surface area contributed by atoms with E-state index < -0.39 is 0 Å². The van der Waals surface area contributed by atoms with Gasteiger partial charge in [0.2, 0.25) is 5.91 Å². The Morgan fingerprint density at radius 2 is 2.09 bits per heavy atom. The second-order valence-corrected chi connectivity index (χ2v) is 6.87. The highest BCUT2D eigenvalue weighted by Gasteiger charge is 2.21. The van der Waals surface area contributed by atoms with Crippen LogP contribution in [0.1, 0.15) is 30.7 Å². The molecule has 1 amide bonds. The van der Waals surface area contributed by atoms with Crippen LogP contribution in [0.5, 0.6) is 0 Å². The van der Waals surface area contributed by atoms with E-state index in [-0.39, 0.29) is 5.91 Å². The minimum absolute atomic E-state index is 0.201. The first-order chi connectivity index (χ1) is 11.2. The Bertz CT molecular complexity index is 643. The molecule has 1 aliphatic heterocycles. The van der Waals surface area contributed by atoms with Crippen molar-refractivity contribution >= 4 is 17.7 Å². The molecule has 6 heteroatoms. The lowest BCUT2D eigenvalue weighted by atomic mass is 9.92. The zero-order valence-corrected chi connectivity index (χ0v) is 14.2. The molecular weight excluding hydrogens is 308 g/mol. The number of carbonyl (C=O) groups excluding carboxylic acids is 1. The van der Waals surface area contributed by atoms with Crippen LogP contribution in [0.2, 0.25) is 0 Å². The van der Waals surface area contributed by atoms with Gasteiger partial charge in [0, 0.05) is 20.1 Å². The third-order valence-corrected chi connectivity index (χ3v) is 5.37. The number of benzene rings is 1. The molecular formula is C17H22N4OS. The highest BCUT2D eigenvalue weighted by atomic mass is 32.2. The number of hydrogen-bond donors (Lipinski definition) is 0. The van der Waals surface area contributed by atoms with E-state index in [0.29, 0.717) is 11.7 Å². The summed E-state index contributed by atoms with van der Waals surface area (Å²) in [7, 11) is 1.89. The number of nitrogens with zero attached hydrogens (tertiary/aromatic N) is 4. The first-order valence-corrected chi connectivity index (χ1v) is 9.02. The quantitative estimate of drug-likeness (QED) is 0.809. The monoisotopic (exact) mass is 330 g/mol. The fraction of sp³-hybridized carbons (Fsp3) is 0.471. The fourth-order valence-corrected chi connectivity index (χ4v) is 3.82. The van der Waals surface area contributed by atoms with Gasteiger partial charge in [-0.3, -0.25) is 4.79 Å². The van der Waals surface area contributed by atoms with Crippen LogP contribution >= 0.6 is 11.8 Å². The number of aromatic nitrogens is 3. The van der Waals surface area contributed by atoms with Crippen molar-refractivity contribution in [1.82, 2.24) is 19.7 Å². The van der Waals surface area contributed by atoms with Crippen molar-refractivity contribution in [1.29, 1.82) is 0 Å². The lowest BCUT2D eigenvalue weighted by Gasteiger charge is -2.20. The molecule has 3 rings (SSSR count). The van der Waals surface area contributed by atoms with Gasteiger partial charge in [-0.25, -0.2) is 0 Å². The number of likely N-dealkylation sites (tertiary alicyclic amines) is 1. The number of thioether (sulfide) groups is 1. The Labute approximate surface area is 141 Å². The van der Waals surface area contributed by atoms with Crippen LogP contribution in [0.4, 0.5) is 0 Å². The fourth-order valence-electron chi connectivity index (χ4n) is 3.03. The third kappa shape index (κ3) is 4.13. The van der Waals surface area contributed by atoms with Crippen LogP contribution in [-0.2, 0) is 11.8 Å². The van der Waals surface area contributed by atoms with Gasteiger partial charge in [0.1, 0.15) is 6.33 Å². The minimum atomic E-state index is 0.201. The van der Waals surface area contributed by atoms with Crippen molar-refractivity contribution < 1.29 is 4.79 Å². The standard InChI is InChI=1S/C17H22N4OS/c1-20-13-18-19-17(20)23-12-16(22)21-10-5-8-15(9-11-21)14-6-3-2-4-7-14/h2-4,6-7,13,15H,5,8-12H2,1H3. The summed E-state index contributed by atoms with van der Waals surface area (Å²) in [6.07, 6.45) is 4.93. The van der Waals surface area contributed by atoms with E-state index in [1.807, 2.05) is 16.5 Å². The molecule has 1 fully saturated rings. The summed E-state index contributed by atoms with van der Waals surface area (Å²) in [6, 6.07) is 10.7. The zero-order chi connectivity index (χ0) is 16.1. The van der Waals surface area contributed by atoms with Gasteiger partial charge in [-0.05, 0) is 30.7 Å². The molecule has 122 valence electrons. The molecule has 23 heavy (non-hydrogen) atoms. The highest BCUT2D eigenvalue weighted by molar-refractivity contribution is 7.99. The van der Waals surface area contributed by atoms with Gasteiger partial charge in [-0.1, -0.05) is 42.1 Å². The van der Waals surface area contributed by atoms with E-state index >= 15 is 0 Å². The Hall–Kier alpha value is -1.82. The lowest BCUT2D eigenvalue weighted by Crippen LogP contribution is -2.33. The molecule has 0 bridgehead atoms. The number of carbonyl (C=O) groups is 1. The lowest BCUT2D eigenvalue weighted by molar-refractivity contribution is -0.128. The summed E-state index contributed by atoms with van der Waals surface area (Å²) in [5.41, 5.74) is 1.40. The molecule has 1 atom stereocenters. The minimum Gasteiger partial charge on any atom is -0.342 e. The molecule has 1 saturated heterocycles. The maximum Gasteiger partial charge on any atom is 0.233 e. The van der Waals surface area contributed by atoms with Gasteiger partial charge in [0.15, 0.2) is 5.16 Å². The van der Waals surface area contributed by atoms with Crippen molar-refractivity contribution in [3.05, 3.63) is 42.2 Å². The number of aryl methyl sites for hydroxylation is 1. The van der Waals surface area contributed by atoms with E-state index in [2.05, 4.69) is 40.5 Å². The van der Waals surface area contributed by atoms with Gasteiger partial charge in [-0.15, -0.1) is 10.2 Å². The molecule has 0 spiro atoms. The van der Waals surface area contributed by atoms with E-state index in [1.165, 1.54) is 17.3 Å². The Morgan fingerprint density at radius 3 is 2.83 bits per heavy atom. The number of amides is 1. The summed E-state index contributed by atoms with van der Waals surface area (Å²) in [5, 5.41) is 8.63. The average Bonchev–Trinajstić information content (AvgIpc) is 2.85. The van der Waals surface area contributed by atoms with Crippen LogP contribution in [-0.4, -0.2) is 44.4 Å². The van der Waals surface area contributed by atoms with Crippen molar-refractivity contribution in [2.75, 3.05) is 18.8 Å². The van der Waals surface area contributed by atoms with Gasteiger partial charge >= 0.3 is 0 Å². The van der Waals surface area contributed by atoms with Crippen LogP contribution < -0.4 is 0 Å². The predicted molar refractivity (Wildman–Crippen MR) is 91.3 cm³/mol. The van der Waals surface area contributed by atoms with Crippen molar-refractivity contribution in [2.45, 2.75) is 30.3 Å².